The number of aromatic nitrogens is 1. The van der Waals surface area contributed by atoms with E-state index in [1.165, 1.54) is 30.6 Å². The van der Waals surface area contributed by atoms with Gasteiger partial charge in [-0.05, 0) is 54.1 Å². The molecule has 0 unspecified atom stereocenters. The van der Waals surface area contributed by atoms with Crippen molar-refractivity contribution in [1.82, 2.24) is 4.57 Å². The highest BCUT2D eigenvalue weighted by molar-refractivity contribution is 7.15. The molecule has 0 aliphatic heterocycles. The molecule has 2 heterocycles. The van der Waals surface area contributed by atoms with E-state index >= 15 is 0 Å². The minimum absolute atomic E-state index is 0.242. The van der Waals surface area contributed by atoms with Crippen LogP contribution in [-0.4, -0.2) is 23.6 Å². The minimum Gasteiger partial charge on any atom is -0.465 e. The molecule has 2 aromatic heterocycles. The number of esters is 1. The number of hydrogen-bond donors (Lipinski definition) is 1. The van der Waals surface area contributed by atoms with Crippen LogP contribution >= 0.6 is 11.3 Å². The highest BCUT2D eigenvalue weighted by atomic mass is 32.1. The fourth-order valence-electron chi connectivity index (χ4n) is 3.06. The fraction of sp³-hybridized carbons (Fsp3) is 0.0435. The lowest BCUT2D eigenvalue weighted by molar-refractivity contribution is 0.0603. The van der Waals surface area contributed by atoms with Crippen molar-refractivity contribution in [3.8, 4) is 16.8 Å². The van der Waals surface area contributed by atoms with Crippen LogP contribution in [0.2, 0.25) is 0 Å². The summed E-state index contributed by atoms with van der Waals surface area (Å²) in [5.74, 6) is -1.29. The standard InChI is InChI=1S/C23H17FN2O3S/c1-29-23(28)20-19(15-4-8-17(24)9-5-15)14-30-22(20)25-21(27)16-6-10-18(11-7-16)26-12-2-3-13-26/h2-14H,1H3,(H,25,27). The molecule has 0 aliphatic rings. The van der Waals surface area contributed by atoms with E-state index in [0.29, 0.717) is 21.7 Å². The molecule has 5 nitrogen and oxygen atoms in total. The van der Waals surface area contributed by atoms with Crippen LogP contribution < -0.4 is 5.32 Å². The third kappa shape index (κ3) is 3.88. The second-order valence-corrected chi connectivity index (χ2v) is 7.32. The van der Waals surface area contributed by atoms with Crippen LogP contribution in [0.5, 0.6) is 0 Å². The van der Waals surface area contributed by atoms with Gasteiger partial charge in [-0.3, -0.25) is 4.79 Å². The predicted octanol–water partition coefficient (Wildman–Crippen LogP) is 5.38. The summed E-state index contributed by atoms with van der Waals surface area (Å²) in [6.45, 7) is 0. The summed E-state index contributed by atoms with van der Waals surface area (Å²) in [6, 6.07) is 16.8. The van der Waals surface area contributed by atoms with Crippen LogP contribution in [0.15, 0.2) is 78.4 Å². The maximum Gasteiger partial charge on any atom is 0.341 e. The molecule has 0 saturated heterocycles. The van der Waals surface area contributed by atoms with E-state index in [2.05, 4.69) is 5.32 Å². The molecule has 0 aliphatic carbocycles. The number of hydrogen-bond acceptors (Lipinski definition) is 4. The zero-order valence-electron chi connectivity index (χ0n) is 16.0. The van der Waals surface area contributed by atoms with Crippen molar-refractivity contribution in [1.29, 1.82) is 0 Å². The van der Waals surface area contributed by atoms with Gasteiger partial charge in [0, 0.05) is 34.6 Å². The van der Waals surface area contributed by atoms with Crippen molar-refractivity contribution in [3.63, 3.8) is 0 Å². The first-order valence-corrected chi connectivity index (χ1v) is 9.95. The monoisotopic (exact) mass is 420 g/mol. The van der Waals surface area contributed by atoms with Crippen molar-refractivity contribution >= 4 is 28.2 Å². The molecule has 0 radical (unpaired) electrons. The van der Waals surface area contributed by atoms with E-state index in [1.807, 2.05) is 41.2 Å². The Hall–Kier alpha value is -3.71. The zero-order chi connectivity index (χ0) is 21.1. The second kappa shape index (κ2) is 8.34. The van der Waals surface area contributed by atoms with Crippen LogP contribution in [0, 0.1) is 5.82 Å². The van der Waals surface area contributed by atoms with E-state index in [0.717, 1.165) is 5.69 Å². The molecular weight excluding hydrogens is 403 g/mol. The lowest BCUT2D eigenvalue weighted by atomic mass is 10.0. The van der Waals surface area contributed by atoms with Crippen molar-refractivity contribution in [2.45, 2.75) is 0 Å². The number of amides is 1. The Bertz CT molecular complexity index is 1180. The van der Waals surface area contributed by atoms with Crippen LogP contribution in [0.3, 0.4) is 0 Å². The average molecular weight is 420 g/mol. The Morgan fingerprint density at radius 1 is 1.00 bits per heavy atom. The van der Waals surface area contributed by atoms with Crippen molar-refractivity contribution in [3.05, 3.63) is 95.4 Å². The fourth-order valence-corrected chi connectivity index (χ4v) is 4.02. The third-order valence-corrected chi connectivity index (χ3v) is 5.49. The van der Waals surface area contributed by atoms with Gasteiger partial charge in [0.05, 0.1) is 7.11 Å². The Morgan fingerprint density at radius 2 is 1.67 bits per heavy atom. The summed E-state index contributed by atoms with van der Waals surface area (Å²) in [5, 5.41) is 4.91. The van der Waals surface area contributed by atoms with Crippen molar-refractivity contribution in [2.24, 2.45) is 0 Å². The number of ether oxygens (including phenoxy) is 1. The first kappa shape index (κ1) is 19.6. The summed E-state index contributed by atoms with van der Waals surface area (Å²) in [4.78, 5) is 25.2. The molecule has 0 saturated carbocycles. The molecule has 30 heavy (non-hydrogen) atoms. The average Bonchev–Trinajstić information content (AvgIpc) is 3.44. The SMILES string of the molecule is COC(=O)c1c(-c2ccc(F)cc2)csc1NC(=O)c1ccc(-n2cccc2)cc1. The first-order chi connectivity index (χ1) is 14.6. The topological polar surface area (TPSA) is 60.3 Å². The van der Waals surface area contributed by atoms with Gasteiger partial charge in [0.2, 0.25) is 0 Å². The number of nitrogens with one attached hydrogen (secondary N) is 1. The molecular formula is C23H17FN2O3S. The first-order valence-electron chi connectivity index (χ1n) is 9.07. The summed E-state index contributed by atoms with van der Waals surface area (Å²) in [7, 11) is 1.28. The normalized spacial score (nSPS) is 10.6. The van der Waals surface area contributed by atoms with Gasteiger partial charge in [-0.1, -0.05) is 12.1 Å². The number of methoxy groups -OCH3 is 1. The molecule has 1 amide bonds. The highest BCUT2D eigenvalue weighted by Gasteiger charge is 2.22. The molecule has 0 fully saturated rings. The third-order valence-electron chi connectivity index (χ3n) is 4.59. The van der Waals surface area contributed by atoms with Gasteiger partial charge in [0.25, 0.3) is 5.91 Å². The summed E-state index contributed by atoms with van der Waals surface area (Å²) >= 11 is 1.21. The largest absolute Gasteiger partial charge is 0.465 e. The summed E-state index contributed by atoms with van der Waals surface area (Å²) in [6.07, 6.45) is 3.83. The van der Waals surface area contributed by atoms with E-state index in [1.54, 1.807) is 29.6 Å². The molecule has 2 aromatic carbocycles. The van der Waals surface area contributed by atoms with E-state index in [-0.39, 0.29) is 17.3 Å². The molecule has 0 spiro atoms. The number of benzene rings is 2. The highest BCUT2D eigenvalue weighted by Crippen LogP contribution is 2.36. The van der Waals surface area contributed by atoms with Crippen LogP contribution in [-0.2, 0) is 4.74 Å². The van der Waals surface area contributed by atoms with Crippen LogP contribution in [0.25, 0.3) is 16.8 Å². The predicted molar refractivity (Wildman–Crippen MR) is 115 cm³/mol. The van der Waals surface area contributed by atoms with Gasteiger partial charge in [0.1, 0.15) is 16.4 Å². The summed E-state index contributed by atoms with van der Waals surface area (Å²) < 4.78 is 20.1. The summed E-state index contributed by atoms with van der Waals surface area (Å²) in [5.41, 5.74) is 2.86. The Labute approximate surface area is 176 Å². The Balaban J connectivity index is 1.61. The smallest absolute Gasteiger partial charge is 0.341 e. The molecule has 4 aromatic rings. The number of rotatable bonds is 5. The maximum atomic E-state index is 13.3. The minimum atomic E-state index is -0.575. The molecule has 0 atom stereocenters. The van der Waals surface area contributed by atoms with E-state index < -0.39 is 5.97 Å². The maximum absolute atomic E-state index is 13.3. The van der Waals surface area contributed by atoms with Gasteiger partial charge in [-0.25, -0.2) is 9.18 Å². The lowest BCUT2D eigenvalue weighted by Crippen LogP contribution is -2.14. The quantitative estimate of drug-likeness (QED) is 0.441. The Morgan fingerprint density at radius 3 is 2.30 bits per heavy atom. The van der Waals surface area contributed by atoms with E-state index in [4.69, 9.17) is 4.74 Å². The van der Waals surface area contributed by atoms with Crippen molar-refractivity contribution < 1.29 is 18.7 Å². The molecule has 4 rings (SSSR count). The number of carbonyl (C=O) groups excluding carboxylic acids is 2. The van der Waals surface area contributed by atoms with Crippen molar-refractivity contribution in [2.75, 3.05) is 12.4 Å². The van der Waals surface area contributed by atoms with Crippen LogP contribution in [0.1, 0.15) is 20.7 Å². The lowest BCUT2D eigenvalue weighted by Gasteiger charge is -2.09. The zero-order valence-corrected chi connectivity index (χ0v) is 16.8. The molecule has 1 N–H and O–H groups in total. The Kier molecular flexibility index (Phi) is 5.45. The number of nitrogens with zero attached hydrogens (tertiary/aromatic N) is 1. The molecule has 0 bridgehead atoms. The van der Waals surface area contributed by atoms with Gasteiger partial charge < -0.3 is 14.6 Å². The number of anilines is 1. The van der Waals surface area contributed by atoms with E-state index in [9.17, 15) is 14.0 Å². The second-order valence-electron chi connectivity index (χ2n) is 6.44. The number of halogens is 1. The number of thiophene rings is 1. The van der Waals surface area contributed by atoms with Gasteiger partial charge in [-0.15, -0.1) is 11.3 Å². The van der Waals surface area contributed by atoms with Gasteiger partial charge >= 0.3 is 5.97 Å². The van der Waals surface area contributed by atoms with Gasteiger partial charge in [-0.2, -0.15) is 0 Å². The van der Waals surface area contributed by atoms with Gasteiger partial charge in [0.15, 0.2) is 0 Å². The molecule has 7 heteroatoms. The van der Waals surface area contributed by atoms with Crippen LogP contribution in [0.4, 0.5) is 9.39 Å². The number of carbonyl (C=O) groups is 2. The molecule has 150 valence electrons.